The monoisotopic (exact) mass is 1690 g/mol. The van der Waals surface area contributed by atoms with Gasteiger partial charge in [0.25, 0.3) is 22.6 Å². The first kappa shape index (κ1) is 86.7. The number of carbonyl (C=O) groups is 6. The minimum absolute atomic E-state index is 0.0149. The third-order valence-corrected chi connectivity index (χ3v) is 30.4. The van der Waals surface area contributed by atoms with Gasteiger partial charge in [0.15, 0.2) is 22.8 Å². The van der Waals surface area contributed by atoms with Crippen LogP contribution in [0.2, 0.25) is 0 Å². The molecule has 123 heavy (non-hydrogen) atoms. The highest BCUT2D eigenvalue weighted by Crippen LogP contribution is 2.57. The Kier molecular flexibility index (Phi) is 27.6. The van der Waals surface area contributed by atoms with Gasteiger partial charge in [0.05, 0.1) is 33.1 Å². The number of carboxylic acids is 3. The zero-order valence-electron chi connectivity index (χ0n) is 71.4. The van der Waals surface area contributed by atoms with E-state index in [0.717, 1.165) is 128 Å². The zero-order valence-corrected chi connectivity index (χ0v) is 71.4. The molecule has 6 aromatic rings. The molecule has 0 spiro atoms. The molecule has 29 nitrogen and oxygen atoms in total. The summed E-state index contributed by atoms with van der Waals surface area (Å²) in [6.07, 6.45) is 41.6. The zero-order chi connectivity index (χ0) is 85.5. The lowest BCUT2D eigenvalue weighted by atomic mass is 9.54. The van der Waals surface area contributed by atoms with Crippen LogP contribution in [0.25, 0.3) is 33.1 Å². The summed E-state index contributed by atoms with van der Waals surface area (Å²) in [6, 6.07) is 26.0. The van der Waals surface area contributed by atoms with Crippen molar-refractivity contribution >= 4 is 85.9 Å². The number of nitrogens with zero attached hydrogens (tertiary/aromatic N) is 11. The van der Waals surface area contributed by atoms with E-state index in [0.29, 0.717) is 64.6 Å². The first-order valence-electron chi connectivity index (χ1n) is 46.2. The number of piperidine rings is 4. The maximum absolute atomic E-state index is 14.3. The number of para-hydroxylation sites is 6. The van der Waals surface area contributed by atoms with Crippen LogP contribution in [0.15, 0.2) is 103 Å². The van der Waals surface area contributed by atoms with Gasteiger partial charge in [-0.25, -0.2) is 29.3 Å². The number of aliphatic carboxylic acids is 3. The molecule has 8 aliphatic carbocycles. The molecule has 4 aliphatic heterocycles. The molecule has 8 saturated carbocycles. The standard InChI is InChI=1S/C33H44N4O5.C31H41N5O5.C30H39N5O5/c1-34-29(38)13-12-27(36-42-19-30(39)40)32-33(41)37(28-11-3-2-10-26(28)35-32)25-17-22-8-5-9-23(18-25)31(22)24-15-20-6-4-7-21(14-20)16-24;32-28(37)12-11-26(34-41-18-29(38)39)30-31(40)36(27-10-2-1-9-25(27)33-30)24-16-21-7-4-8-22(17-24)35(21)23-14-19-5-3-6-20(13-19)15-23;1-31-29(38)27(33-40-17-26(36)37)28-30(39)35(25-11-3-2-10-24(25)32-28)23-15-20-8-5-9-21(16-23)34(20)22-13-18-6-4-7-19(12-18)14-22/h2-3,10-11,20-25,31H,4-9,12-19H2,1H3,(H,34,38)(H,39,40);1-2,9-10,19-24H,3-8,11-18H2,(H2,32,37)(H,38,39);2-3,10-11,18-23H,4-9,12-17H2,1H3,(H,31,38)(H,36,37)/b36-27+;34-26+;33-27-/t20-,21+,22-,23+,24?,25?,31?;19-,20+,21-,22+,23?,24?;18-,19+,20-,21+,22?,23?. The highest BCUT2D eigenvalue weighted by atomic mass is 16.6. The molecule has 18 rings (SSSR count). The van der Waals surface area contributed by atoms with Crippen molar-refractivity contribution in [3.63, 3.8) is 0 Å². The number of amides is 3. The van der Waals surface area contributed by atoms with E-state index in [-0.39, 0.29) is 95.1 Å². The smallest absolute Gasteiger partial charge is 0.344 e. The van der Waals surface area contributed by atoms with E-state index in [9.17, 15) is 43.2 Å². The van der Waals surface area contributed by atoms with E-state index in [1.54, 1.807) is 7.05 Å². The first-order chi connectivity index (χ1) is 59.7. The van der Waals surface area contributed by atoms with Crippen LogP contribution in [0, 0.1) is 59.2 Å². The van der Waals surface area contributed by atoms with Crippen LogP contribution in [-0.2, 0) is 43.3 Å². The largest absolute Gasteiger partial charge is 0.479 e. The lowest BCUT2D eigenvalue weighted by Crippen LogP contribution is -2.58. The van der Waals surface area contributed by atoms with Crippen LogP contribution < -0.4 is 33.0 Å². The number of carboxylic acid groups (broad SMARTS) is 3. The molecule has 660 valence electrons. The van der Waals surface area contributed by atoms with Crippen LogP contribution in [0.1, 0.15) is 273 Å². The molecular formula is C94H124N14O15. The quantitative estimate of drug-likeness (QED) is 0.0229. The lowest BCUT2D eigenvalue weighted by molar-refractivity contribution is -0.143. The predicted molar refractivity (Wildman–Crippen MR) is 465 cm³/mol. The Morgan fingerprint density at radius 1 is 0.382 bits per heavy atom. The van der Waals surface area contributed by atoms with Gasteiger partial charge < -0.3 is 59.9 Å². The number of nitrogens with one attached hydrogen (secondary N) is 2. The fourth-order valence-corrected chi connectivity index (χ4v) is 26.0. The van der Waals surface area contributed by atoms with E-state index in [4.69, 9.17) is 40.5 Å². The number of likely N-dealkylation sites (N-methyl/N-ethyl adjacent to an activating group) is 1. The summed E-state index contributed by atoms with van der Waals surface area (Å²) >= 11 is 0. The number of aromatic nitrogens is 6. The fraction of sp³-hybridized carbons (Fsp3) is 0.649. The Bertz CT molecular complexity index is 5080. The highest BCUT2D eigenvalue weighted by molar-refractivity contribution is 6.44. The molecule has 29 heteroatoms. The molecule has 3 aromatic heterocycles. The van der Waals surface area contributed by atoms with Crippen molar-refractivity contribution in [3.8, 4) is 0 Å². The molecule has 7 N–H and O–H groups in total. The average Bonchev–Trinajstić information content (AvgIpc) is 0.752. The van der Waals surface area contributed by atoms with Gasteiger partial charge >= 0.3 is 17.9 Å². The number of primary amides is 1. The normalized spacial score (nSPS) is 30.6. The Balaban J connectivity index is 0.000000137. The van der Waals surface area contributed by atoms with E-state index in [1.165, 1.54) is 155 Å². The molecule has 0 radical (unpaired) electrons. The van der Waals surface area contributed by atoms with Gasteiger partial charge in [-0.2, -0.15) is 0 Å². The van der Waals surface area contributed by atoms with E-state index in [2.05, 4.69) is 45.9 Å². The minimum atomic E-state index is -1.23. The van der Waals surface area contributed by atoms with Gasteiger partial charge in [0.1, 0.15) is 11.4 Å². The van der Waals surface area contributed by atoms with Crippen molar-refractivity contribution in [3.05, 3.63) is 121 Å². The van der Waals surface area contributed by atoms with E-state index >= 15 is 0 Å². The van der Waals surface area contributed by atoms with Gasteiger partial charge in [-0.1, -0.05) is 142 Å². The Morgan fingerprint density at radius 3 is 1.11 bits per heavy atom. The summed E-state index contributed by atoms with van der Waals surface area (Å²) in [5, 5.41) is 43.9. The molecule has 19 atom stereocenters. The third-order valence-electron chi connectivity index (χ3n) is 30.4. The summed E-state index contributed by atoms with van der Waals surface area (Å²) < 4.78 is 5.67. The SMILES string of the molecule is CNC(=O)/C(=N\OCC(=O)O)c1nc2ccccc2n(C2C[C@H]3CCC[C@@H](C2)N3C2C[C@H]3CCC[C@@H](C2)C3)c1=O.CNC(=O)CC/C(=N\OCC(=O)O)c1nc2ccccc2n(C2C[C@H]3CCC[C@@H](C2)C3C2C[C@H]3CCC[C@@H](C2)C3)c1=O.NC(=O)CC/C(=N\OCC(=O)O)c1nc2ccccc2n(C2C[C@H]3CCC[C@@H](C2)N3C2C[C@H]3CCC[C@@H](C2)C3)c1=O. The number of hydrogen-bond acceptors (Lipinski definition) is 20. The second kappa shape index (κ2) is 39.2. The number of rotatable bonds is 25. The van der Waals surface area contributed by atoms with Gasteiger partial charge in [-0.15, -0.1) is 0 Å². The van der Waals surface area contributed by atoms with Crippen LogP contribution >= 0.6 is 0 Å². The summed E-state index contributed by atoms with van der Waals surface area (Å²) in [5.74, 6) is 3.21. The van der Waals surface area contributed by atoms with Crippen molar-refractivity contribution in [1.82, 2.24) is 49.1 Å². The van der Waals surface area contributed by atoms with Gasteiger partial charge in [0.2, 0.25) is 31.6 Å². The Labute approximate surface area is 717 Å². The number of hydrogen-bond donors (Lipinski definition) is 6. The number of fused-ring (bicyclic) bond motifs is 15. The van der Waals surface area contributed by atoms with Crippen molar-refractivity contribution in [1.29, 1.82) is 0 Å². The Hall–Kier alpha value is -9.77. The second-order valence-corrected chi connectivity index (χ2v) is 38.1. The summed E-state index contributed by atoms with van der Waals surface area (Å²) in [4.78, 5) is 147. The topological polar surface area (TPSA) is 389 Å². The fourth-order valence-electron chi connectivity index (χ4n) is 26.0. The second-order valence-electron chi connectivity index (χ2n) is 38.1. The van der Waals surface area contributed by atoms with Crippen LogP contribution in [0.4, 0.5) is 0 Å². The molecule has 12 aliphatic rings. The Morgan fingerprint density at radius 2 is 0.724 bits per heavy atom. The van der Waals surface area contributed by atoms with Crippen molar-refractivity contribution in [2.45, 2.75) is 292 Å². The van der Waals surface area contributed by atoms with Gasteiger partial charge in [-0.05, 0) is 218 Å². The number of nitrogens with two attached hydrogens (primary N) is 1. The number of oxime groups is 3. The molecule has 3 aromatic carbocycles. The van der Waals surface area contributed by atoms with Crippen LogP contribution in [0.3, 0.4) is 0 Å². The van der Waals surface area contributed by atoms with E-state index < -0.39 is 55.1 Å². The van der Waals surface area contributed by atoms with Crippen molar-refractivity contribution in [2.24, 2.45) is 80.4 Å². The molecule has 7 heterocycles. The number of benzene rings is 3. The average molecular weight is 1690 g/mol. The third kappa shape index (κ3) is 19.7. The lowest BCUT2D eigenvalue weighted by Gasteiger charge is -2.55. The molecule has 3 amide bonds. The van der Waals surface area contributed by atoms with Crippen molar-refractivity contribution < 1.29 is 58.6 Å². The van der Waals surface area contributed by atoms with E-state index in [1.807, 2.05) is 86.5 Å². The molecule has 12 bridgehead atoms. The van der Waals surface area contributed by atoms with Crippen LogP contribution in [-0.4, -0.2) is 177 Å². The molecule has 12 fully saturated rings. The summed E-state index contributed by atoms with van der Waals surface area (Å²) in [7, 11) is 2.97. The number of carbonyl (C=O) groups excluding carboxylic acids is 3. The highest BCUT2D eigenvalue weighted by Gasteiger charge is 2.51. The molecule has 4 saturated heterocycles. The first-order valence-corrected chi connectivity index (χ1v) is 46.2. The summed E-state index contributed by atoms with van der Waals surface area (Å²) in [6.45, 7) is -2.03. The van der Waals surface area contributed by atoms with Gasteiger partial charge in [0, 0.05) is 94.2 Å². The van der Waals surface area contributed by atoms with Crippen molar-refractivity contribution in [2.75, 3.05) is 33.9 Å². The molecule has 7 unspecified atom stereocenters. The molecular weight excluding hydrogens is 1570 g/mol. The predicted octanol–water partition coefficient (Wildman–Crippen LogP) is 12.8. The minimum Gasteiger partial charge on any atom is -0.479 e. The van der Waals surface area contributed by atoms with Crippen LogP contribution in [0.5, 0.6) is 0 Å². The maximum Gasteiger partial charge on any atom is 0.344 e. The maximum atomic E-state index is 14.3. The van der Waals surface area contributed by atoms with Gasteiger partial charge in [-0.3, -0.25) is 38.6 Å². The summed E-state index contributed by atoms with van der Waals surface area (Å²) in [5.41, 5.74) is 8.84.